The van der Waals surface area contributed by atoms with Gasteiger partial charge in [-0.15, -0.1) is 0 Å². The van der Waals surface area contributed by atoms with Gasteiger partial charge in [0.25, 0.3) is 5.91 Å². The van der Waals surface area contributed by atoms with E-state index < -0.39 is 28.9 Å². The molecule has 0 radical (unpaired) electrons. The number of hydrogen-bond donors (Lipinski definition) is 2. The molecule has 0 spiro atoms. The Morgan fingerprint density at radius 1 is 1.22 bits per heavy atom. The average Bonchev–Trinajstić information content (AvgIpc) is 3.54. The van der Waals surface area contributed by atoms with Gasteiger partial charge in [-0.2, -0.15) is 0 Å². The van der Waals surface area contributed by atoms with E-state index in [4.69, 9.17) is 16.3 Å². The highest BCUT2D eigenvalue weighted by Crippen LogP contribution is 2.42. The monoisotopic (exact) mass is 534 g/mol. The maximum atomic E-state index is 14.2. The maximum Gasteiger partial charge on any atom is 0.408 e. The zero-order chi connectivity index (χ0) is 27.1. The van der Waals surface area contributed by atoms with Gasteiger partial charge >= 0.3 is 6.09 Å². The van der Waals surface area contributed by atoms with Crippen LogP contribution in [0.5, 0.6) is 0 Å². The number of ether oxygens (including phenoxy) is 1. The number of anilines is 1. The molecule has 1 aromatic carbocycles. The molecule has 2 heterocycles. The Kier molecular flexibility index (Phi) is 7.38. The van der Waals surface area contributed by atoms with Crippen molar-refractivity contribution in [3.63, 3.8) is 0 Å². The average molecular weight is 535 g/mol. The smallest absolute Gasteiger partial charge is 0.408 e. The number of nitrogens with one attached hydrogen (secondary N) is 2. The van der Waals surface area contributed by atoms with E-state index in [2.05, 4.69) is 15.6 Å². The molecule has 7 nitrogen and oxygen atoms in total. The second-order valence-electron chi connectivity index (χ2n) is 11.3. The zero-order valence-electron chi connectivity index (χ0n) is 21.8. The van der Waals surface area contributed by atoms with Crippen LogP contribution >= 0.6 is 11.6 Å². The van der Waals surface area contributed by atoms with Crippen molar-refractivity contribution in [1.82, 2.24) is 15.6 Å². The molecule has 2 atom stereocenters. The number of benzene rings is 1. The fraction of sp³-hybridized carbons (Fsp3) is 0.519. The normalized spacial score (nSPS) is 20.5. The van der Waals surface area contributed by atoms with Gasteiger partial charge in [0.15, 0.2) is 0 Å². The molecule has 1 saturated carbocycles. The Hall–Kier alpha value is -2.94. The van der Waals surface area contributed by atoms with Crippen molar-refractivity contribution in [2.24, 2.45) is 5.92 Å². The van der Waals surface area contributed by atoms with E-state index in [9.17, 15) is 18.4 Å². The Balaban J connectivity index is 1.74. The van der Waals surface area contributed by atoms with Crippen LogP contribution in [0.3, 0.4) is 0 Å². The summed E-state index contributed by atoms with van der Waals surface area (Å²) in [4.78, 5) is 32.1. The predicted molar refractivity (Wildman–Crippen MR) is 139 cm³/mol. The summed E-state index contributed by atoms with van der Waals surface area (Å²) < 4.78 is 33.9. The van der Waals surface area contributed by atoms with E-state index >= 15 is 0 Å². The quantitative estimate of drug-likeness (QED) is 0.464. The van der Waals surface area contributed by atoms with Crippen molar-refractivity contribution < 1.29 is 23.1 Å². The molecule has 2 aromatic rings. The van der Waals surface area contributed by atoms with Crippen LogP contribution in [0.4, 0.5) is 19.3 Å². The van der Waals surface area contributed by atoms with E-state index in [0.717, 1.165) is 31.0 Å². The Bertz CT molecular complexity index is 1190. The van der Waals surface area contributed by atoms with Crippen molar-refractivity contribution in [2.75, 3.05) is 18.0 Å². The van der Waals surface area contributed by atoms with Crippen molar-refractivity contribution in [3.8, 4) is 11.1 Å². The van der Waals surface area contributed by atoms with Crippen molar-refractivity contribution in [3.05, 3.63) is 46.7 Å². The molecule has 200 valence electrons. The van der Waals surface area contributed by atoms with Gasteiger partial charge < -0.3 is 20.3 Å². The molecule has 1 aromatic heterocycles. The molecule has 2 N–H and O–H groups in total. The minimum Gasteiger partial charge on any atom is -0.444 e. The first kappa shape index (κ1) is 27.1. The summed E-state index contributed by atoms with van der Waals surface area (Å²) in [5.41, 5.74) is -0.247. The summed E-state index contributed by atoms with van der Waals surface area (Å²) in [6.07, 6.45) is 3.50. The fourth-order valence-corrected chi connectivity index (χ4v) is 4.98. The summed E-state index contributed by atoms with van der Waals surface area (Å²) in [7, 11) is 0. The predicted octanol–water partition coefficient (Wildman–Crippen LogP) is 5.70. The first-order chi connectivity index (χ1) is 17.2. The number of carbonyl (C=O) groups excluding carboxylic acids is 2. The highest BCUT2D eigenvalue weighted by molar-refractivity contribution is 6.33. The molecule has 10 heteroatoms. The van der Waals surface area contributed by atoms with Crippen LogP contribution in [0.25, 0.3) is 11.1 Å². The Morgan fingerprint density at radius 3 is 2.46 bits per heavy atom. The fourth-order valence-electron chi connectivity index (χ4n) is 4.73. The lowest BCUT2D eigenvalue weighted by atomic mass is 10.00. The number of alkyl carbamates (subject to hydrolysis) is 1. The minimum atomic E-state index is -0.771. The van der Waals surface area contributed by atoms with Crippen LogP contribution < -0.4 is 15.5 Å². The topological polar surface area (TPSA) is 83.6 Å². The van der Waals surface area contributed by atoms with Crippen molar-refractivity contribution >= 4 is 29.3 Å². The van der Waals surface area contributed by atoms with E-state index in [1.807, 2.05) is 18.7 Å². The van der Waals surface area contributed by atoms with Gasteiger partial charge in [0.05, 0.1) is 16.8 Å². The minimum absolute atomic E-state index is 0.0143. The summed E-state index contributed by atoms with van der Waals surface area (Å²) in [5, 5.41) is 5.99. The molecular weight excluding hydrogens is 502 g/mol. The lowest BCUT2D eigenvalue weighted by Gasteiger charge is -2.30. The Morgan fingerprint density at radius 2 is 1.86 bits per heavy atom. The number of halogens is 3. The number of rotatable bonds is 6. The maximum absolute atomic E-state index is 14.2. The molecule has 2 aliphatic rings. The third-order valence-electron chi connectivity index (χ3n) is 6.68. The van der Waals surface area contributed by atoms with Crippen molar-refractivity contribution in [1.29, 1.82) is 0 Å². The van der Waals surface area contributed by atoms with Crippen LogP contribution in [-0.2, 0) is 4.74 Å². The molecule has 1 aliphatic carbocycles. The van der Waals surface area contributed by atoms with Gasteiger partial charge in [0.1, 0.15) is 22.4 Å². The summed E-state index contributed by atoms with van der Waals surface area (Å²) in [5.74, 6) is -1.46. The van der Waals surface area contributed by atoms with Crippen LogP contribution in [0.1, 0.15) is 64.2 Å². The van der Waals surface area contributed by atoms with E-state index in [0.29, 0.717) is 31.1 Å². The second-order valence-corrected chi connectivity index (χ2v) is 11.7. The number of carbonyl (C=O) groups is 2. The first-order valence-corrected chi connectivity index (χ1v) is 12.8. The second kappa shape index (κ2) is 10.1. The van der Waals surface area contributed by atoms with Gasteiger partial charge in [0.2, 0.25) is 0 Å². The van der Waals surface area contributed by atoms with Crippen LogP contribution in [-0.4, -0.2) is 47.3 Å². The zero-order valence-corrected chi connectivity index (χ0v) is 22.5. The summed E-state index contributed by atoms with van der Waals surface area (Å²) in [6, 6.07) is 3.08. The van der Waals surface area contributed by atoms with E-state index in [1.54, 1.807) is 20.8 Å². The summed E-state index contributed by atoms with van der Waals surface area (Å²) in [6.45, 7) is 9.97. The SMILES string of the molecule is C[C@H](NC(=O)c1cnc(Cl)c(-c2cc(F)cc(F)c2)c1N1CC[C@](C)(NC(=O)OC(C)(C)C)C1)C1CC1. The lowest BCUT2D eigenvalue weighted by molar-refractivity contribution is 0.0473. The number of hydrogen-bond acceptors (Lipinski definition) is 5. The summed E-state index contributed by atoms with van der Waals surface area (Å²) >= 11 is 6.51. The molecule has 1 aliphatic heterocycles. The van der Waals surface area contributed by atoms with Gasteiger partial charge in [0, 0.05) is 37.0 Å². The first-order valence-electron chi connectivity index (χ1n) is 12.5. The molecule has 0 unspecified atom stereocenters. The highest BCUT2D eigenvalue weighted by Gasteiger charge is 2.39. The van der Waals surface area contributed by atoms with Gasteiger partial charge in [-0.05, 0) is 77.5 Å². The van der Waals surface area contributed by atoms with E-state index in [1.165, 1.54) is 6.20 Å². The lowest BCUT2D eigenvalue weighted by Crippen LogP contribution is -2.49. The van der Waals surface area contributed by atoms with E-state index in [-0.39, 0.29) is 33.8 Å². The van der Waals surface area contributed by atoms with Gasteiger partial charge in [-0.1, -0.05) is 11.6 Å². The molecule has 1 saturated heterocycles. The number of nitrogens with zero attached hydrogens (tertiary/aromatic N) is 2. The molecule has 37 heavy (non-hydrogen) atoms. The molecular formula is C27H33ClF2N4O3. The standard InChI is InChI=1S/C27H33ClF2N4O3/c1-15(16-6-7-16)32-24(35)20-13-31-23(28)21(17-10-18(29)12-19(30)11-17)22(20)34-9-8-27(5,14-34)33-25(36)37-26(2,3)4/h10-13,15-16H,6-9,14H2,1-5H3,(H,32,35)(H,33,36)/t15-,27-/m0/s1. The largest absolute Gasteiger partial charge is 0.444 e. The van der Waals surface area contributed by atoms with Crippen LogP contribution in [0.15, 0.2) is 24.4 Å². The third kappa shape index (κ3) is 6.50. The number of aromatic nitrogens is 1. The third-order valence-corrected chi connectivity index (χ3v) is 6.97. The molecule has 2 amide bonds. The molecule has 2 fully saturated rings. The van der Waals surface area contributed by atoms with Gasteiger partial charge in [-0.3, -0.25) is 4.79 Å². The highest BCUT2D eigenvalue weighted by atomic mass is 35.5. The number of pyridine rings is 1. The Labute approximate surface area is 220 Å². The van der Waals surface area contributed by atoms with Crippen molar-refractivity contribution in [2.45, 2.75) is 71.1 Å². The number of amides is 2. The molecule has 4 rings (SSSR count). The van der Waals surface area contributed by atoms with Crippen LogP contribution in [0, 0.1) is 17.6 Å². The van der Waals surface area contributed by atoms with Gasteiger partial charge in [-0.25, -0.2) is 18.6 Å². The molecule has 0 bridgehead atoms. The van der Waals surface area contributed by atoms with Crippen LogP contribution in [0.2, 0.25) is 5.15 Å².